The molecular formula is C25H22Br2O5. The normalized spacial score (nSPS) is 17.1. The van der Waals surface area contributed by atoms with Crippen molar-refractivity contribution in [3.8, 4) is 23.0 Å². The number of hydrogen-bond donors (Lipinski definition) is 0. The maximum Gasteiger partial charge on any atom is 0.171 e. The highest BCUT2D eigenvalue weighted by Gasteiger charge is 2.43. The van der Waals surface area contributed by atoms with Crippen molar-refractivity contribution in [2.75, 3.05) is 28.4 Å². The van der Waals surface area contributed by atoms with Gasteiger partial charge in [0.2, 0.25) is 0 Å². The second kappa shape index (κ2) is 9.16. The molecule has 2 atom stereocenters. The summed E-state index contributed by atoms with van der Waals surface area (Å²) in [6, 6.07) is 15.4. The largest absolute Gasteiger partial charge is 0.493 e. The van der Waals surface area contributed by atoms with Crippen molar-refractivity contribution in [1.82, 2.24) is 0 Å². The van der Waals surface area contributed by atoms with E-state index in [1.165, 1.54) is 0 Å². The number of ether oxygens (including phenoxy) is 4. The van der Waals surface area contributed by atoms with Crippen LogP contribution in [0.15, 0.2) is 57.5 Å². The molecule has 7 heteroatoms. The minimum absolute atomic E-state index is 0.0155. The van der Waals surface area contributed by atoms with Crippen molar-refractivity contribution in [3.63, 3.8) is 0 Å². The molecule has 0 N–H and O–H groups in total. The summed E-state index contributed by atoms with van der Waals surface area (Å²) in [5, 5.41) is 0. The summed E-state index contributed by atoms with van der Waals surface area (Å²) in [5.74, 6) is 1.63. The zero-order chi connectivity index (χ0) is 23.0. The first-order valence-electron chi connectivity index (χ1n) is 9.90. The fourth-order valence-electron chi connectivity index (χ4n) is 4.34. The summed E-state index contributed by atoms with van der Waals surface area (Å²) in [5.41, 5.74) is 3.39. The standard InChI is InChI=1S/C25H22Br2O5/c1-29-19-9-15-16(10-20(19)30-2)25(28)24(23(15)13-5-7-14(26)8-6-13)17-11-21(31-3)22(32-4)12-18(17)27/h5-12,23-24H,1-4H3/t23-,24-/m0/s1. The topological polar surface area (TPSA) is 54.0 Å². The third-order valence-electron chi connectivity index (χ3n) is 5.84. The molecule has 166 valence electrons. The molecule has 0 fully saturated rings. The minimum Gasteiger partial charge on any atom is -0.493 e. The number of fused-ring (bicyclic) bond motifs is 1. The van der Waals surface area contributed by atoms with Gasteiger partial charge < -0.3 is 18.9 Å². The third kappa shape index (κ3) is 3.77. The Morgan fingerprint density at radius 3 is 1.72 bits per heavy atom. The SMILES string of the molecule is COc1cc(Br)c([C@@H]2C(=O)c3cc(OC)c(OC)cc3[C@@H]2c2ccc(Br)cc2)cc1OC. The molecule has 0 heterocycles. The highest BCUT2D eigenvalue weighted by atomic mass is 79.9. The summed E-state index contributed by atoms with van der Waals surface area (Å²) in [6.45, 7) is 0. The van der Waals surface area contributed by atoms with Crippen LogP contribution >= 0.6 is 31.9 Å². The summed E-state index contributed by atoms with van der Waals surface area (Å²) < 4.78 is 23.7. The molecular weight excluding hydrogens is 540 g/mol. The fraction of sp³-hybridized carbons (Fsp3) is 0.240. The van der Waals surface area contributed by atoms with Crippen molar-refractivity contribution in [2.24, 2.45) is 0 Å². The lowest BCUT2D eigenvalue weighted by molar-refractivity contribution is 0.0967. The van der Waals surface area contributed by atoms with Gasteiger partial charge >= 0.3 is 0 Å². The van der Waals surface area contributed by atoms with Gasteiger partial charge in [0.15, 0.2) is 28.8 Å². The molecule has 0 radical (unpaired) electrons. The van der Waals surface area contributed by atoms with Gasteiger partial charge in [-0.3, -0.25) is 4.79 Å². The van der Waals surface area contributed by atoms with E-state index in [9.17, 15) is 4.79 Å². The van der Waals surface area contributed by atoms with Crippen LogP contribution in [-0.4, -0.2) is 34.2 Å². The molecule has 3 aromatic rings. The number of carbonyl (C=O) groups excluding carboxylic acids is 1. The first-order valence-corrected chi connectivity index (χ1v) is 11.5. The first kappa shape index (κ1) is 22.7. The predicted molar refractivity (Wildman–Crippen MR) is 130 cm³/mol. The predicted octanol–water partition coefficient (Wildman–Crippen LogP) is 6.36. The van der Waals surface area contributed by atoms with Gasteiger partial charge in [-0.2, -0.15) is 0 Å². The van der Waals surface area contributed by atoms with Crippen molar-refractivity contribution < 1.29 is 23.7 Å². The molecule has 0 saturated carbocycles. The van der Waals surface area contributed by atoms with Crippen molar-refractivity contribution >= 4 is 37.6 Å². The molecule has 4 rings (SSSR count). The molecule has 0 aromatic heterocycles. The van der Waals surface area contributed by atoms with Gasteiger partial charge in [0.25, 0.3) is 0 Å². The van der Waals surface area contributed by atoms with Crippen LogP contribution in [0.25, 0.3) is 0 Å². The number of hydrogen-bond acceptors (Lipinski definition) is 5. The van der Waals surface area contributed by atoms with E-state index in [1.54, 1.807) is 34.5 Å². The van der Waals surface area contributed by atoms with Crippen molar-refractivity contribution in [1.29, 1.82) is 0 Å². The van der Waals surface area contributed by atoms with Crippen LogP contribution in [0.3, 0.4) is 0 Å². The van der Waals surface area contributed by atoms with Gasteiger partial charge in [0, 0.05) is 20.4 Å². The molecule has 0 spiro atoms. The summed E-state index contributed by atoms with van der Waals surface area (Å²) in [4.78, 5) is 13.8. The highest BCUT2D eigenvalue weighted by Crippen LogP contribution is 2.53. The van der Waals surface area contributed by atoms with E-state index in [2.05, 4.69) is 31.9 Å². The Morgan fingerprint density at radius 1 is 0.656 bits per heavy atom. The minimum atomic E-state index is -0.461. The Hall–Kier alpha value is -2.51. The van der Waals surface area contributed by atoms with Crippen LogP contribution in [0.2, 0.25) is 0 Å². The molecule has 0 amide bonds. The Kier molecular flexibility index (Phi) is 6.49. The number of benzene rings is 3. The Morgan fingerprint density at radius 2 is 1.16 bits per heavy atom. The average Bonchev–Trinajstić information content (AvgIpc) is 3.09. The van der Waals surface area contributed by atoms with Gasteiger partial charge in [-0.05, 0) is 53.1 Å². The second-order valence-electron chi connectivity index (χ2n) is 7.39. The van der Waals surface area contributed by atoms with Crippen LogP contribution < -0.4 is 18.9 Å². The lowest BCUT2D eigenvalue weighted by Crippen LogP contribution is -2.14. The molecule has 3 aromatic carbocycles. The van der Waals surface area contributed by atoms with Crippen LogP contribution in [0, 0.1) is 0 Å². The molecule has 0 aliphatic heterocycles. The van der Waals surface area contributed by atoms with E-state index in [-0.39, 0.29) is 11.7 Å². The molecule has 0 bridgehead atoms. The van der Waals surface area contributed by atoms with E-state index in [1.807, 2.05) is 42.5 Å². The second-order valence-corrected chi connectivity index (χ2v) is 9.16. The molecule has 0 saturated heterocycles. The molecule has 1 aliphatic rings. The third-order valence-corrected chi connectivity index (χ3v) is 7.05. The quantitative estimate of drug-likeness (QED) is 0.350. The van der Waals surface area contributed by atoms with Crippen LogP contribution in [0.4, 0.5) is 0 Å². The first-order chi connectivity index (χ1) is 15.4. The van der Waals surface area contributed by atoms with Crippen LogP contribution in [0.5, 0.6) is 23.0 Å². The van der Waals surface area contributed by atoms with E-state index >= 15 is 0 Å². The number of halogens is 2. The zero-order valence-corrected chi connectivity index (χ0v) is 21.2. The van der Waals surface area contributed by atoms with E-state index < -0.39 is 5.92 Å². The number of carbonyl (C=O) groups is 1. The highest BCUT2D eigenvalue weighted by molar-refractivity contribution is 9.10. The Bertz CT molecular complexity index is 1170. The van der Waals surface area contributed by atoms with Crippen molar-refractivity contribution in [2.45, 2.75) is 11.8 Å². The van der Waals surface area contributed by atoms with Crippen LogP contribution in [0.1, 0.15) is 38.9 Å². The van der Waals surface area contributed by atoms with Gasteiger partial charge in [-0.1, -0.05) is 44.0 Å². The van der Waals surface area contributed by atoms with Crippen molar-refractivity contribution in [3.05, 3.63) is 79.7 Å². The maximum atomic E-state index is 13.8. The lowest BCUT2D eigenvalue weighted by atomic mass is 9.81. The monoisotopic (exact) mass is 560 g/mol. The van der Waals surface area contributed by atoms with Gasteiger partial charge in [0.05, 0.1) is 34.4 Å². The summed E-state index contributed by atoms with van der Waals surface area (Å²) in [6.07, 6.45) is 0. The zero-order valence-electron chi connectivity index (χ0n) is 18.1. The molecule has 32 heavy (non-hydrogen) atoms. The van der Waals surface area contributed by atoms with E-state index in [0.717, 1.165) is 25.6 Å². The Labute approximate surface area is 203 Å². The fourth-order valence-corrected chi connectivity index (χ4v) is 5.17. The Balaban J connectivity index is 1.97. The lowest BCUT2D eigenvalue weighted by Gasteiger charge is -2.23. The average molecular weight is 562 g/mol. The van der Waals surface area contributed by atoms with Crippen LogP contribution in [-0.2, 0) is 0 Å². The van der Waals surface area contributed by atoms with E-state index in [0.29, 0.717) is 28.6 Å². The number of Topliss-reactive ketones (excluding diaryl/α,β-unsaturated/α-hetero) is 1. The molecule has 1 aliphatic carbocycles. The smallest absolute Gasteiger partial charge is 0.171 e. The van der Waals surface area contributed by atoms with Gasteiger partial charge in [0.1, 0.15) is 0 Å². The van der Waals surface area contributed by atoms with Gasteiger partial charge in [-0.15, -0.1) is 0 Å². The number of rotatable bonds is 6. The van der Waals surface area contributed by atoms with E-state index in [4.69, 9.17) is 18.9 Å². The summed E-state index contributed by atoms with van der Waals surface area (Å²) in [7, 11) is 6.34. The maximum absolute atomic E-state index is 13.8. The summed E-state index contributed by atoms with van der Waals surface area (Å²) >= 11 is 7.16. The van der Waals surface area contributed by atoms with Gasteiger partial charge in [-0.25, -0.2) is 0 Å². The number of ketones is 1. The molecule has 5 nitrogen and oxygen atoms in total. The molecule has 0 unspecified atom stereocenters. The number of methoxy groups -OCH3 is 4.